The Kier molecular flexibility index (Phi) is 14.0. The Balaban J connectivity index is 1.98. The lowest BCUT2D eigenvalue weighted by atomic mass is 9.87. The van der Waals surface area contributed by atoms with Crippen LogP contribution in [0.3, 0.4) is 0 Å². The Morgan fingerprint density at radius 1 is 1.03 bits per heavy atom. The number of carboxylic acids is 1. The van der Waals surface area contributed by atoms with Crippen molar-refractivity contribution >= 4 is 14.3 Å². The summed E-state index contributed by atoms with van der Waals surface area (Å²) in [6.45, 7) is 13.3. The van der Waals surface area contributed by atoms with E-state index in [0.29, 0.717) is 31.3 Å². The molecule has 2 fully saturated rings. The first kappa shape index (κ1) is 33.5. The van der Waals surface area contributed by atoms with Gasteiger partial charge in [-0.15, -0.1) is 0 Å². The quantitative estimate of drug-likeness (QED) is 0.0816. The largest absolute Gasteiger partial charge is 0.477 e. The molecule has 7 heteroatoms. The summed E-state index contributed by atoms with van der Waals surface area (Å²) in [5.74, 6) is -1.90. The van der Waals surface area contributed by atoms with Crippen molar-refractivity contribution in [2.45, 2.75) is 160 Å². The molecule has 0 aromatic rings. The zero-order valence-electron chi connectivity index (χ0n) is 25.3. The molecule has 5 atom stereocenters. The Morgan fingerprint density at radius 2 is 1.74 bits per heavy atom. The molecule has 0 amide bonds. The van der Waals surface area contributed by atoms with Crippen LogP contribution >= 0.6 is 0 Å². The van der Waals surface area contributed by atoms with Crippen LogP contribution in [-0.2, 0) is 18.7 Å². The molecule has 0 radical (unpaired) electrons. The summed E-state index contributed by atoms with van der Waals surface area (Å²) in [6, 6.07) is 0. The molecule has 0 aromatic heterocycles. The zero-order chi connectivity index (χ0) is 28.2. The maximum Gasteiger partial charge on any atom is 0.363 e. The molecule has 2 aliphatic rings. The van der Waals surface area contributed by atoms with Gasteiger partial charge >= 0.3 is 5.97 Å². The Bertz CT molecular complexity index is 712. The van der Waals surface area contributed by atoms with Crippen molar-refractivity contribution in [3.63, 3.8) is 0 Å². The van der Waals surface area contributed by atoms with E-state index < -0.39 is 26.4 Å². The monoisotopic (exact) mass is 554 g/mol. The Labute approximate surface area is 234 Å². The van der Waals surface area contributed by atoms with Crippen molar-refractivity contribution in [3.8, 4) is 0 Å². The fourth-order valence-corrected chi connectivity index (χ4v) is 6.95. The van der Waals surface area contributed by atoms with Gasteiger partial charge in [0.25, 0.3) is 5.79 Å². The molecule has 222 valence electrons. The fraction of sp³-hybridized carbons (Fsp3) is 0.903. The third-order valence-corrected chi connectivity index (χ3v) is 13.5. The zero-order valence-corrected chi connectivity index (χ0v) is 26.3. The van der Waals surface area contributed by atoms with E-state index in [9.17, 15) is 15.0 Å². The van der Waals surface area contributed by atoms with Gasteiger partial charge in [-0.3, -0.25) is 0 Å². The maximum atomic E-state index is 12.7. The molecule has 1 aliphatic heterocycles. The molecule has 1 heterocycles. The highest BCUT2D eigenvalue weighted by atomic mass is 28.4. The number of aliphatic hydroxyl groups excluding tert-OH is 1. The van der Waals surface area contributed by atoms with Gasteiger partial charge in [-0.2, -0.15) is 0 Å². The van der Waals surface area contributed by atoms with Gasteiger partial charge in [0, 0.05) is 13.0 Å². The van der Waals surface area contributed by atoms with Gasteiger partial charge in [0.1, 0.15) is 0 Å². The van der Waals surface area contributed by atoms with Crippen LogP contribution in [-0.4, -0.2) is 49.3 Å². The summed E-state index contributed by atoms with van der Waals surface area (Å²) >= 11 is 0. The molecule has 1 saturated heterocycles. The minimum Gasteiger partial charge on any atom is -0.477 e. The molecule has 6 nitrogen and oxygen atoms in total. The molecule has 2 N–H and O–H groups in total. The molecule has 38 heavy (non-hydrogen) atoms. The van der Waals surface area contributed by atoms with Gasteiger partial charge in [0.15, 0.2) is 14.6 Å². The summed E-state index contributed by atoms with van der Waals surface area (Å²) in [4.78, 5) is 12.7. The molecule has 0 spiro atoms. The highest BCUT2D eigenvalue weighted by Gasteiger charge is 2.51. The normalized spacial score (nSPS) is 26.6. The summed E-state index contributed by atoms with van der Waals surface area (Å²) in [7, 11) is -2.44. The van der Waals surface area contributed by atoms with Crippen molar-refractivity contribution in [3.05, 3.63) is 12.2 Å². The number of aliphatic carboxylic acids is 1. The van der Waals surface area contributed by atoms with Crippen LogP contribution in [0, 0.1) is 11.8 Å². The number of rotatable bonds is 17. The number of allylic oxidation sites excluding steroid dienone is 2. The van der Waals surface area contributed by atoms with E-state index in [1.54, 1.807) is 0 Å². The SMILES string of the molecule is CCCCCCCC[C@H]1CC[C@H](O)[C@@H]1CC=CCCC(OC1CCCCO1)(O[Si](C)(C)C(C)(C)C)C(=O)O. The maximum absolute atomic E-state index is 12.7. The number of unbranched alkanes of at least 4 members (excludes halogenated alkanes) is 5. The van der Waals surface area contributed by atoms with Crippen molar-refractivity contribution < 1.29 is 28.9 Å². The Morgan fingerprint density at radius 3 is 2.37 bits per heavy atom. The van der Waals surface area contributed by atoms with E-state index in [4.69, 9.17) is 13.9 Å². The van der Waals surface area contributed by atoms with Gasteiger partial charge in [-0.25, -0.2) is 4.79 Å². The average Bonchev–Trinajstić information content (AvgIpc) is 3.19. The van der Waals surface area contributed by atoms with Gasteiger partial charge in [-0.05, 0) is 74.9 Å². The van der Waals surface area contributed by atoms with Gasteiger partial charge in [0.05, 0.1) is 6.10 Å². The highest BCUT2D eigenvalue weighted by molar-refractivity contribution is 6.74. The van der Waals surface area contributed by atoms with Crippen molar-refractivity contribution in [2.24, 2.45) is 11.8 Å². The average molecular weight is 555 g/mol. The van der Waals surface area contributed by atoms with Crippen LogP contribution in [0.2, 0.25) is 18.1 Å². The number of aliphatic hydroxyl groups is 1. The summed E-state index contributed by atoms with van der Waals surface area (Å²) in [6.07, 6.45) is 18.7. The molecule has 0 bridgehead atoms. The lowest BCUT2D eigenvalue weighted by Gasteiger charge is -2.44. The van der Waals surface area contributed by atoms with E-state index in [1.807, 2.05) is 0 Å². The first-order valence-electron chi connectivity index (χ1n) is 15.5. The van der Waals surface area contributed by atoms with E-state index in [1.165, 1.54) is 44.9 Å². The fourth-order valence-electron chi connectivity index (χ4n) is 5.58. The highest BCUT2D eigenvalue weighted by Crippen LogP contribution is 2.42. The van der Waals surface area contributed by atoms with Crippen molar-refractivity contribution in [1.29, 1.82) is 0 Å². The number of ether oxygens (including phenoxy) is 2. The standard InChI is InChI=1S/C31H58O6Si/c1-7-8-9-10-11-13-18-25-21-22-27(32)26(25)19-14-12-16-23-31(29(33)34,36-28-20-15-17-24-35-28)37-38(5,6)30(2,3)4/h12,14,25-28,32H,7-11,13,15-24H2,1-6H3,(H,33,34)/t25-,26+,27-,28?,31?/m0/s1. The Hall–Kier alpha value is -0.733. The third kappa shape index (κ3) is 10.3. The van der Waals surface area contributed by atoms with Crippen molar-refractivity contribution in [1.82, 2.24) is 0 Å². The predicted molar refractivity (Wildman–Crippen MR) is 157 cm³/mol. The summed E-state index contributed by atoms with van der Waals surface area (Å²) in [5, 5.41) is 20.9. The van der Waals surface area contributed by atoms with Gasteiger partial charge in [0.2, 0.25) is 0 Å². The first-order chi connectivity index (χ1) is 17.9. The molecule has 2 unspecified atom stereocenters. The lowest BCUT2D eigenvalue weighted by molar-refractivity contribution is -0.289. The van der Waals surface area contributed by atoms with Crippen LogP contribution in [0.5, 0.6) is 0 Å². The van der Waals surface area contributed by atoms with Crippen molar-refractivity contribution in [2.75, 3.05) is 6.61 Å². The van der Waals surface area contributed by atoms with E-state index >= 15 is 0 Å². The second-order valence-corrected chi connectivity index (χ2v) is 17.9. The van der Waals surface area contributed by atoms with Crippen LogP contribution in [0.1, 0.15) is 124 Å². The minimum absolute atomic E-state index is 0.149. The molecular weight excluding hydrogens is 496 g/mol. The van der Waals surface area contributed by atoms with Crippen LogP contribution in [0.4, 0.5) is 0 Å². The molecule has 2 rings (SSSR count). The third-order valence-electron chi connectivity index (χ3n) is 9.09. The first-order valence-corrected chi connectivity index (χ1v) is 18.4. The second-order valence-electron chi connectivity index (χ2n) is 13.2. The predicted octanol–water partition coefficient (Wildman–Crippen LogP) is 8.20. The van der Waals surface area contributed by atoms with Gasteiger partial charge in [-0.1, -0.05) is 84.8 Å². The van der Waals surface area contributed by atoms with Crippen LogP contribution in [0.15, 0.2) is 12.2 Å². The summed E-state index contributed by atoms with van der Waals surface area (Å²) in [5.41, 5.74) is 0. The van der Waals surface area contributed by atoms with Gasteiger partial charge < -0.3 is 24.1 Å². The molecule has 1 aliphatic carbocycles. The lowest BCUT2D eigenvalue weighted by Crippen LogP contribution is -2.56. The smallest absolute Gasteiger partial charge is 0.363 e. The van der Waals surface area contributed by atoms with Crippen LogP contribution in [0.25, 0.3) is 0 Å². The number of hydrogen-bond acceptors (Lipinski definition) is 5. The van der Waals surface area contributed by atoms with E-state index in [2.05, 4.69) is 52.9 Å². The topological polar surface area (TPSA) is 85.2 Å². The molecular formula is C31H58O6Si. The van der Waals surface area contributed by atoms with E-state index in [0.717, 1.165) is 32.1 Å². The summed E-state index contributed by atoms with van der Waals surface area (Å²) < 4.78 is 18.5. The number of carbonyl (C=O) groups is 1. The second kappa shape index (κ2) is 15.9. The molecule has 1 saturated carbocycles. The number of carboxylic acid groups (broad SMARTS) is 1. The number of hydrogen-bond donors (Lipinski definition) is 2. The molecule has 0 aromatic carbocycles. The van der Waals surface area contributed by atoms with E-state index in [-0.39, 0.29) is 17.6 Å². The van der Waals surface area contributed by atoms with Crippen LogP contribution < -0.4 is 0 Å². The minimum atomic E-state index is -2.44.